The zero-order valence-corrected chi connectivity index (χ0v) is 16.4. The Hall–Kier alpha value is -2.99. The van der Waals surface area contributed by atoms with E-state index in [0.29, 0.717) is 17.7 Å². The van der Waals surface area contributed by atoms with Gasteiger partial charge in [0.2, 0.25) is 5.91 Å². The second kappa shape index (κ2) is 8.17. The average Bonchev–Trinajstić information content (AvgIpc) is 3.16. The van der Waals surface area contributed by atoms with E-state index >= 15 is 0 Å². The van der Waals surface area contributed by atoms with Crippen molar-refractivity contribution in [1.82, 2.24) is 15.2 Å². The van der Waals surface area contributed by atoms with Crippen molar-refractivity contribution in [2.24, 2.45) is 0 Å². The summed E-state index contributed by atoms with van der Waals surface area (Å²) in [6.07, 6.45) is 1.62. The van der Waals surface area contributed by atoms with E-state index < -0.39 is 0 Å². The molecule has 0 spiro atoms. The van der Waals surface area contributed by atoms with E-state index in [-0.39, 0.29) is 29.9 Å². The molecule has 0 bridgehead atoms. The molecule has 1 aromatic heterocycles. The number of pyridine rings is 1. The first kappa shape index (κ1) is 19.3. The normalized spacial score (nSPS) is 17.0. The van der Waals surface area contributed by atoms with Crippen LogP contribution >= 0.6 is 0 Å². The lowest BCUT2D eigenvalue weighted by molar-refractivity contribution is -0.125. The summed E-state index contributed by atoms with van der Waals surface area (Å²) in [5, 5.41) is 3.84. The number of rotatable bonds is 5. The molecule has 1 saturated heterocycles. The minimum Gasteiger partial charge on any atom is -0.350 e. The Morgan fingerprint density at radius 1 is 1.21 bits per heavy atom. The molecule has 0 aliphatic carbocycles. The Morgan fingerprint density at radius 3 is 2.86 bits per heavy atom. The zero-order valence-electron chi connectivity index (χ0n) is 16.4. The number of aryl methyl sites for hydroxylation is 1. The van der Waals surface area contributed by atoms with Gasteiger partial charge in [0.15, 0.2) is 0 Å². The molecule has 1 aliphatic heterocycles. The van der Waals surface area contributed by atoms with E-state index in [1.165, 1.54) is 6.07 Å². The quantitative estimate of drug-likeness (QED) is 0.699. The van der Waals surface area contributed by atoms with Gasteiger partial charge in [0.05, 0.1) is 6.04 Å². The molecule has 2 aromatic carbocycles. The topological polar surface area (TPSA) is 65.2 Å². The lowest BCUT2D eigenvalue weighted by atomic mass is 10.1. The number of likely N-dealkylation sites (tertiary alicyclic amines) is 1. The Labute approximate surface area is 168 Å². The van der Waals surface area contributed by atoms with Gasteiger partial charge in [-0.25, -0.2) is 4.39 Å². The van der Waals surface area contributed by atoms with Crippen LogP contribution in [0.5, 0.6) is 0 Å². The molecule has 1 amide bonds. The molecular formula is C23H24FN3O2. The third kappa shape index (κ3) is 4.22. The lowest BCUT2D eigenvalue weighted by Gasteiger charge is -2.24. The van der Waals surface area contributed by atoms with Crippen molar-refractivity contribution in [1.29, 1.82) is 0 Å². The number of hydrogen-bond acceptors (Lipinski definition) is 3. The van der Waals surface area contributed by atoms with E-state index in [1.54, 1.807) is 18.2 Å². The van der Waals surface area contributed by atoms with Gasteiger partial charge in [0, 0.05) is 29.7 Å². The first-order valence-corrected chi connectivity index (χ1v) is 9.89. The van der Waals surface area contributed by atoms with Crippen LogP contribution in [0, 0.1) is 12.7 Å². The molecule has 1 unspecified atom stereocenters. The van der Waals surface area contributed by atoms with E-state index in [9.17, 15) is 14.0 Å². The zero-order chi connectivity index (χ0) is 20.4. The van der Waals surface area contributed by atoms with Gasteiger partial charge in [0.1, 0.15) is 5.82 Å². The van der Waals surface area contributed by atoms with Gasteiger partial charge in [-0.1, -0.05) is 29.8 Å². The number of halogens is 1. The summed E-state index contributed by atoms with van der Waals surface area (Å²) in [4.78, 5) is 30.0. The molecule has 0 saturated carbocycles. The number of aromatic amines is 1. The molecule has 1 atom stereocenters. The highest BCUT2D eigenvalue weighted by molar-refractivity contribution is 5.82. The monoisotopic (exact) mass is 393 g/mol. The molecule has 2 N–H and O–H groups in total. The maximum atomic E-state index is 14.0. The van der Waals surface area contributed by atoms with Crippen LogP contribution in [0.1, 0.15) is 29.5 Å². The van der Waals surface area contributed by atoms with Crippen molar-refractivity contribution >= 4 is 16.8 Å². The number of carbonyl (C=O) groups excluding carboxylic acids is 1. The van der Waals surface area contributed by atoms with Crippen LogP contribution in [-0.2, 0) is 17.9 Å². The first-order valence-electron chi connectivity index (χ1n) is 9.89. The van der Waals surface area contributed by atoms with Crippen LogP contribution in [0.4, 0.5) is 4.39 Å². The van der Waals surface area contributed by atoms with Crippen LogP contribution in [-0.4, -0.2) is 28.4 Å². The number of hydrogen-bond donors (Lipinski definition) is 2. The minimum absolute atomic E-state index is 0.123. The van der Waals surface area contributed by atoms with Gasteiger partial charge in [-0.05, 0) is 56.0 Å². The van der Waals surface area contributed by atoms with Crippen molar-refractivity contribution in [3.63, 3.8) is 0 Å². The summed E-state index contributed by atoms with van der Waals surface area (Å²) in [6, 6.07) is 14.0. The third-order valence-corrected chi connectivity index (χ3v) is 5.53. The molecule has 6 heteroatoms. The molecular weight excluding hydrogens is 369 g/mol. The van der Waals surface area contributed by atoms with E-state index in [1.807, 2.05) is 36.1 Å². The predicted octanol–water partition coefficient (Wildman–Crippen LogP) is 3.26. The van der Waals surface area contributed by atoms with Gasteiger partial charge in [-0.15, -0.1) is 0 Å². The van der Waals surface area contributed by atoms with Crippen molar-refractivity contribution in [3.05, 3.63) is 81.4 Å². The summed E-state index contributed by atoms with van der Waals surface area (Å²) >= 11 is 0. The summed E-state index contributed by atoms with van der Waals surface area (Å²) in [7, 11) is 0. The summed E-state index contributed by atoms with van der Waals surface area (Å²) in [5.41, 5.74) is 2.80. The smallest absolute Gasteiger partial charge is 0.253 e. The van der Waals surface area contributed by atoms with E-state index in [2.05, 4.69) is 10.3 Å². The molecule has 4 rings (SSSR count). The summed E-state index contributed by atoms with van der Waals surface area (Å²) in [6.45, 7) is 3.32. The van der Waals surface area contributed by atoms with Gasteiger partial charge in [-0.3, -0.25) is 14.5 Å². The highest BCUT2D eigenvalue weighted by Crippen LogP contribution is 2.21. The highest BCUT2D eigenvalue weighted by atomic mass is 19.1. The van der Waals surface area contributed by atoms with Crippen LogP contribution in [0.2, 0.25) is 0 Å². The molecule has 3 aromatic rings. The summed E-state index contributed by atoms with van der Waals surface area (Å²) in [5.74, 6) is -0.376. The maximum Gasteiger partial charge on any atom is 0.253 e. The number of benzene rings is 2. The fourth-order valence-electron chi connectivity index (χ4n) is 3.96. The highest BCUT2D eigenvalue weighted by Gasteiger charge is 2.31. The number of fused-ring (bicyclic) bond motifs is 1. The first-order chi connectivity index (χ1) is 14.0. The number of H-pyrrole nitrogens is 1. The van der Waals surface area contributed by atoms with Crippen molar-refractivity contribution in [2.45, 2.75) is 38.9 Å². The van der Waals surface area contributed by atoms with Crippen LogP contribution in [0.3, 0.4) is 0 Å². The number of carbonyl (C=O) groups is 1. The van der Waals surface area contributed by atoms with Crippen LogP contribution < -0.4 is 10.9 Å². The van der Waals surface area contributed by atoms with Crippen LogP contribution in [0.15, 0.2) is 53.3 Å². The number of nitrogens with zero attached hydrogens (tertiary/aromatic N) is 1. The van der Waals surface area contributed by atoms with E-state index in [4.69, 9.17) is 0 Å². The predicted molar refractivity (Wildman–Crippen MR) is 111 cm³/mol. The van der Waals surface area contributed by atoms with Gasteiger partial charge >= 0.3 is 0 Å². The van der Waals surface area contributed by atoms with Crippen molar-refractivity contribution in [3.8, 4) is 0 Å². The third-order valence-electron chi connectivity index (χ3n) is 5.53. The van der Waals surface area contributed by atoms with Crippen molar-refractivity contribution in [2.75, 3.05) is 6.54 Å². The second-order valence-electron chi connectivity index (χ2n) is 7.65. The lowest BCUT2D eigenvalue weighted by Crippen LogP contribution is -2.43. The molecule has 150 valence electrons. The fourth-order valence-corrected chi connectivity index (χ4v) is 3.96. The Bertz CT molecular complexity index is 1110. The molecule has 2 heterocycles. The van der Waals surface area contributed by atoms with Crippen molar-refractivity contribution < 1.29 is 9.18 Å². The largest absolute Gasteiger partial charge is 0.350 e. The van der Waals surface area contributed by atoms with Gasteiger partial charge in [0.25, 0.3) is 5.56 Å². The van der Waals surface area contributed by atoms with Gasteiger partial charge in [-0.2, -0.15) is 0 Å². The molecule has 1 aliphatic rings. The Morgan fingerprint density at radius 2 is 2.03 bits per heavy atom. The number of nitrogens with one attached hydrogen (secondary N) is 2. The fraction of sp³-hybridized carbons (Fsp3) is 0.304. The summed E-state index contributed by atoms with van der Waals surface area (Å²) < 4.78 is 14.0. The maximum absolute atomic E-state index is 14.0. The number of amides is 1. The molecule has 1 fully saturated rings. The van der Waals surface area contributed by atoms with Gasteiger partial charge < -0.3 is 10.3 Å². The SMILES string of the molecule is Cc1ccc2[nH]c(=O)c(CNC(=O)C3CCCN3Cc3ccccc3F)cc2c1. The molecule has 29 heavy (non-hydrogen) atoms. The standard InChI is InChI=1S/C23H24FN3O2/c1-15-8-9-20-17(11-15)12-18(22(28)26-20)13-25-23(29)21-7-4-10-27(21)14-16-5-2-3-6-19(16)24/h2-3,5-6,8-9,11-12,21H,4,7,10,13-14H2,1H3,(H,25,29)(H,26,28). The number of aromatic nitrogens is 1. The second-order valence-corrected chi connectivity index (χ2v) is 7.65. The Kier molecular flexibility index (Phi) is 5.45. The Balaban J connectivity index is 1.45. The minimum atomic E-state index is -0.309. The molecule has 0 radical (unpaired) electrons. The van der Waals surface area contributed by atoms with E-state index in [0.717, 1.165) is 35.9 Å². The van der Waals surface area contributed by atoms with Crippen LogP contribution in [0.25, 0.3) is 10.9 Å². The molecule has 5 nitrogen and oxygen atoms in total. The average molecular weight is 393 g/mol.